The standard InChI is InChI=1S/2C22H44O2.2C2H4O2/c2*1-2-3-4-5-6-7-8-9-10-11-12-13-14-15-16-17-18-19-20-21-22(23)24;2*1-2(3)4/h2*2-21H2,1H3,(H,23,24);2*1H3,(H,3,4). The van der Waals surface area contributed by atoms with Crippen LogP contribution < -0.4 is 0 Å². The number of carboxylic acids is 4. The quantitative estimate of drug-likeness (QED) is 0.0447. The van der Waals surface area contributed by atoms with E-state index < -0.39 is 23.9 Å². The number of carboxylic acid groups (broad SMARTS) is 4. The summed E-state index contributed by atoms with van der Waals surface area (Å²) in [6.07, 6.45) is 52.2. The Morgan fingerprint density at radius 3 is 0.464 bits per heavy atom. The first-order valence-electron chi connectivity index (χ1n) is 23.8. The van der Waals surface area contributed by atoms with Gasteiger partial charge in [-0.3, -0.25) is 19.2 Å². The van der Waals surface area contributed by atoms with Crippen molar-refractivity contribution in [2.24, 2.45) is 0 Å². The average molecular weight is 801 g/mol. The van der Waals surface area contributed by atoms with E-state index in [1.54, 1.807) is 0 Å². The molecule has 0 fully saturated rings. The molecule has 336 valence electrons. The molecule has 8 heteroatoms. The van der Waals surface area contributed by atoms with Crippen molar-refractivity contribution < 1.29 is 39.6 Å². The van der Waals surface area contributed by atoms with Gasteiger partial charge in [-0.15, -0.1) is 0 Å². The highest BCUT2D eigenvalue weighted by atomic mass is 16.4. The Morgan fingerprint density at radius 1 is 0.250 bits per heavy atom. The monoisotopic (exact) mass is 801 g/mol. The number of unbranched alkanes of at least 4 members (excludes halogenated alkanes) is 36. The third kappa shape index (κ3) is 84.4. The van der Waals surface area contributed by atoms with E-state index >= 15 is 0 Å². The maximum absolute atomic E-state index is 10.4. The van der Waals surface area contributed by atoms with Crippen LogP contribution in [0.1, 0.15) is 285 Å². The molecule has 0 rings (SSSR count). The third-order valence-electron chi connectivity index (χ3n) is 9.99. The van der Waals surface area contributed by atoms with Crippen LogP contribution in [0.3, 0.4) is 0 Å². The largest absolute Gasteiger partial charge is 0.481 e. The molecule has 56 heavy (non-hydrogen) atoms. The van der Waals surface area contributed by atoms with Gasteiger partial charge in [-0.1, -0.05) is 245 Å². The van der Waals surface area contributed by atoms with E-state index in [0.717, 1.165) is 39.5 Å². The van der Waals surface area contributed by atoms with Gasteiger partial charge in [0.05, 0.1) is 0 Å². The Balaban J connectivity index is -0.000000404. The first-order chi connectivity index (χ1) is 27.0. The fourth-order valence-corrected chi connectivity index (χ4v) is 6.71. The van der Waals surface area contributed by atoms with Crippen LogP contribution in [0.25, 0.3) is 0 Å². The van der Waals surface area contributed by atoms with Gasteiger partial charge in [0.1, 0.15) is 0 Å². The van der Waals surface area contributed by atoms with Crippen LogP contribution in [0, 0.1) is 0 Å². The lowest BCUT2D eigenvalue weighted by Gasteiger charge is -2.03. The summed E-state index contributed by atoms with van der Waals surface area (Å²) in [6.45, 7) is 6.73. The molecule has 0 radical (unpaired) electrons. The Morgan fingerprint density at radius 2 is 0.357 bits per heavy atom. The van der Waals surface area contributed by atoms with E-state index in [0.29, 0.717) is 12.8 Å². The molecule has 0 saturated heterocycles. The van der Waals surface area contributed by atoms with Gasteiger partial charge in [0, 0.05) is 26.7 Å². The summed E-state index contributed by atoms with van der Waals surface area (Å²) in [7, 11) is 0. The number of hydrogen-bond donors (Lipinski definition) is 4. The fourth-order valence-electron chi connectivity index (χ4n) is 6.71. The smallest absolute Gasteiger partial charge is 0.303 e. The van der Waals surface area contributed by atoms with E-state index in [1.807, 2.05) is 0 Å². The maximum atomic E-state index is 10.4. The van der Waals surface area contributed by atoms with Gasteiger partial charge in [0.25, 0.3) is 11.9 Å². The van der Waals surface area contributed by atoms with Gasteiger partial charge in [0.2, 0.25) is 0 Å². The van der Waals surface area contributed by atoms with Gasteiger partial charge >= 0.3 is 11.9 Å². The van der Waals surface area contributed by atoms with Crippen molar-refractivity contribution in [1.29, 1.82) is 0 Å². The van der Waals surface area contributed by atoms with Crippen LogP contribution in [-0.2, 0) is 19.2 Å². The van der Waals surface area contributed by atoms with E-state index in [-0.39, 0.29) is 0 Å². The second kappa shape index (κ2) is 57.2. The lowest BCUT2D eigenvalue weighted by atomic mass is 10.0. The molecule has 0 unspecified atom stereocenters. The first kappa shape index (κ1) is 60.6. The normalized spacial score (nSPS) is 10.4. The molecule has 0 aliphatic rings. The lowest BCUT2D eigenvalue weighted by molar-refractivity contribution is -0.138. The minimum Gasteiger partial charge on any atom is -0.481 e. The topological polar surface area (TPSA) is 149 Å². The fraction of sp³-hybridized carbons (Fsp3) is 0.917. The van der Waals surface area contributed by atoms with Crippen LogP contribution >= 0.6 is 0 Å². The SMILES string of the molecule is CC(=O)O.CC(=O)O.CCCCCCCCCCCCCCCCCCCCCC(=O)O.CCCCCCCCCCCCCCCCCCCCCC(=O)O. The van der Waals surface area contributed by atoms with Crippen LogP contribution in [0.4, 0.5) is 0 Å². The molecule has 0 atom stereocenters. The summed E-state index contributed by atoms with van der Waals surface area (Å²) in [5.74, 6) is -2.97. The molecule has 4 N–H and O–H groups in total. The minimum absolute atomic E-state index is 0.346. The molecule has 0 heterocycles. The minimum atomic E-state index is -0.833. The number of carbonyl (C=O) groups is 4. The molecule has 0 aromatic carbocycles. The van der Waals surface area contributed by atoms with Gasteiger partial charge in [0.15, 0.2) is 0 Å². The van der Waals surface area contributed by atoms with Gasteiger partial charge in [-0.2, -0.15) is 0 Å². The van der Waals surface area contributed by atoms with Crippen LogP contribution in [-0.4, -0.2) is 44.3 Å². The van der Waals surface area contributed by atoms with Crippen molar-refractivity contribution >= 4 is 23.9 Å². The average Bonchev–Trinajstić information content (AvgIpc) is 3.13. The molecule has 0 amide bonds. The van der Waals surface area contributed by atoms with Crippen molar-refractivity contribution in [3.05, 3.63) is 0 Å². The second-order valence-electron chi connectivity index (χ2n) is 16.1. The lowest BCUT2D eigenvalue weighted by Crippen LogP contribution is -1.93. The summed E-state index contributed by atoms with van der Waals surface area (Å²) in [6, 6.07) is 0. The molecule has 0 aromatic rings. The zero-order chi connectivity index (χ0) is 42.6. The molecule has 0 aromatic heterocycles. The highest BCUT2D eigenvalue weighted by molar-refractivity contribution is 5.66. The van der Waals surface area contributed by atoms with Crippen molar-refractivity contribution in [1.82, 2.24) is 0 Å². The highest BCUT2D eigenvalue weighted by Gasteiger charge is 1.99. The van der Waals surface area contributed by atoms with E-state index in [9.17, 15) is 9.59 Å². The van der Waals surface area contributed by atoms with Gasteiger partial charge < -0.3 is 20.4 Å². The van der Waals surface area contributed by atoms with E-state index in [2.05, 4.69) is 13.8 Å². The van der Waals surface area contributed by atoms with Gasteiger partial charge in [-0.25, -0.2) is 0 Å². The van der Waals surface area contributed by atoms with Crippen molar-refractivity contribution in [3.8, 4) is 0 Å². The molecule has 0 spiro atoms. The van der Waals surface area contributed by atoms with Crippen molar-refractivity contribution in [2.75, 3.05) is 0 Å². The molecule has 0 bridgehead atoms. The summed E-state index contributed by atoms with van der Waals surface area (Å²) >= 11 is 0. The second-order valence-corrected chi connectivity index (χ2v) is 16.1. The first-order valence-corrected chi connectivity index (χ1v) is 23.8. The summed E-state index contributed by atoms with van der Waals surface area (Å²) in [5, 5.41) is 31.9. The molecule has 8 nitrogen and oxygen atoms in total. The number of aliphatic carboxylic acids is 4. The Labute approximate surface area is 347 Å². The Hall–Kier alpha value is -2.12. The van der Waals surface area contributed by atoms with Crippen LogP contribution in [0.5, 0.6) is 0 Å². The van der Waals surface area contributed by atoms with E-state index in [1.165, 1.54) is 218 Å². The third-order valence-corrected chi connectivity index (χ3v) is 9.99. The molecule has 0 aliphatic heterocycles. The number of rotatable bonds is 40. The Kier molecular flexibility index (Phi) is 61.9. The van der Waals surface area contributed by atoms with Gasteiger partial charge in [-0.05, 0) is 12.8 Å². The van der Waals surface area contributed by atoms with Crippen LogP contribution in [0.15, 0.2) is 0 Å². The predicted molar refractivity (Wildman–Crippen MR) is 238 cm³/mol. The summed E-state index contributed by atoms with van der Waals surface area (Å²) in [5.41, 5.74) is 0. The maximum Gasteiger partial charge on any atom is 0.303 e. The van der Waals surface area contributed by atoms with Crippen molar-refractivity contribution in [3.63, 3.8) is 0 Å². The molecular weight excluding hydrogens is 705 g/mol. The Bertz CT molecular complexity index is 713. The summed E-state index contributed by atoms with van der Waals surface area (Å²) < 4.78 is 0. The molecule has 0 saturated carbocycles. The number of hydrogen-bond acceptors (Lipinski definition) is 4. The molecular formula is C48H96O8. The zero-order valence-electron chi connectivity index (χ0n) is 37.7. The van der Waals surface area contributed by atoms with Crippen molar-refractivity contribution in [2.45, 2.75) is 285 Å². The zero-order valence-corrected chi connectivity index (χ0v) is 37.7. The highest BCUT2D eigenvalue weighted by Crippen LogP contribution is 2.16. The molecule has 0 aliphatic carbocycles. The van der Waals surface area contributed by atoms with Crippen LogP contribution in [0.2, 0.25) is 0 Å². The summed E-state index contributed by atoms with van der Waals surface area (Å²) in [4.78, 5) is 38.8. The predicted octanol–water partition coefficient (Wildman–Crippen LogP) is 16.0. The van der Waals surface area contributed by atoms with E-state index in [4.69, 9.17) is 30.0 Å².